The molecule has 0 amide bonds. The van der Waals surface area contributed by atoms with E-state index in [1.807, 2.05) is 0 Å². The van der Waals surface area contributed by atoms with Gasteiger partial charge in [-0.1, -0.05) is 24.5 Å². The Labute approximate surface area is 69.7 Å². The summed E-state index contributed by atoms with van der Waals surface area (Å²) in [7, 11) is 0. The Morgan fingerprint density at radius 3 is 2.73 bits per heavy atom. The monoisotopic (exact) mass is 150 g/mol. The number of hydrogen-bond acceptors (Lipinski definition) is 0. The fourth-order valence-corrected chi connectivity index (χ4v) is 2.71. The smallest absolute Gasteiger partial charge is 0.0292 e. The highest BCUT2D eigenvalue weighted by atomic mass is 14.3. The van der Waals surface area contributed by atoms with Crippen LogP contribution in [-0.2, 0) is 0 Å². The van der Waals surface area contributed by atoms with Crippen molar-refractivity contribution >= 4 is 0 Å². The minimum Gasteiger partial charge on any atom is -0.0853 e. The van der Waals surface area contributed by atoms with E-state index in [1.54, 1.807) is 5.57 Å². The third kappa shape index (κ3) is 1.50. The van der Waals surface area contributed by atoms with E-state index in [-0.39, 0.29) is 0 Å². The van der Waals surface area contributed by atoms with Crippen LogP contribution in [0.1, 0.15) is 45.4 Å². The van der Waals surface area contributed by atoms with Crippen LogP contribution in [0.3, 0.4) is 0 Å². The largest absolute Gasteiger partial charge is 0.0853 e. The molecule has 0 bridgehead atoms. The first kappa shape index (κ1) is 7.39. The second kappa shape index (κ2) is 3.00. The molecule has 2 atom stereocenters. The van der Waals surface area contributed by atoms with Crippen molar-refractivity contribution in [2.75, 3.05) is 0 Å². The molecule has 0 radical (unpaired) electrons. The van der Waals surface area contributed by atoms with Crippen LogP contribution < -0.4 is 0 Å². The number of fused-ring (bicyclic) bond motifs is 1. The molecule has 1 fully saturated rings. The van der Waals surface area contributed by atoms with Crippen LogP contribution in [0.15, 0.2) is 11.6 Å². The maximum Gasteiger partial charge on any atom is -0.0292 e. The lowest BCUT2D eigenvalue weighted by Crippen LogP contribution is -2.22. The summed E-state index contributed by atoms with van der Waals surface area (Å²) in [6, 6.07) is 0. The van der Waals surface area contributed by atoms with Gasteiger partial charge in [0.2, 0.25) is 0 Å². The lowest BCUT2D eigenvalue weighted by atomic mass is 9.72. The maximum absolute atomic E-state index is 2.46. The van der Waals surface area contributed by atoms with E-state index in [9.17, 15) is 0 Å². The van der Waals surface area contributed by atoms with E-state index in [1.165, 1.54) is 38.5 Å². The van der Waals surface area contributed by atoms with Crippen molar-refractivity contribution in [3.63, 3.8) is 0 Å². The van der Waals surface area contributed by atoms with Gasteiger partial charge in [0.15, 0.2) is 0 Å². The fourth-order valence-electron chi connectivity index (χ4n) is 2.71. The van der Waals surface area contributed by atoms with Gasteiger partial charge in [-0.3, -0.25) is 0 Å². The molecule has 2 aliphatic carbocycles. The molecule has 0 aromatic rings. The second-order valence-corrected chi connectivity index (χ2v) is 4.29. The summed E-state index contributed by atoms with van der Waals surface area (Å²) < 4.78 is 0. The molecule has 0 aliphatic heterocycles. The van der Waals surface area contributed by atoms with Gasteiger partial charge >= 0.3 is 0 Å². The van der Waals surface area contributed by atoms with Crippen molar-refractivity contribution in [2.45, 2.75) is 45.4 Å². The highest BCUT2D eigenvalue weighted by Gasteiger charge is 2.26. The van der Waals surface area contributed by atoms with Crippen molar-refractivity contribution in [2.24, 2.45) is 11.8 Å². The van der Waals surface area contributed by atoms with Crippen LogP contribution in [0.4, 0.5) is 0 Å². The Morgan fingerprint density at radius 2 is 1.91 bits per heavy atom. The second-order valence-electron chi connectivity index (χ2n) is 4.29. The van der Waals surface area contributed by atoms with Crippen molar-refractivity contribution in [1.82, 2.24) is 0 Å². The zero-order chi connectivity index (χ0) is 7.68. The molecule has 2 aliphatic rings. The zero-order valence-corrected chi connectivity index (χ0v) is 7.47. The molecule has 0 heterocycles. The van der Waals surface area contributed by atoms with Gasteiger partial charge in [-0.25, -0.2) is 0 Å². The molecule has 11 heavy (non-hydrogen) atoms. The standard InChI is InChI=1S/C11H18/c1-9-6-7-10-4-2-3-5-11(10)8-9/h6,10-11H,2-5,7-8H2,1H3/t10-,11+/m0/s1. The Hall–Kier alpha value is -0.260. The zero-order valence-electron chi connectivity index (χ0n) is 7.47. The maximum atomic E-state index is 2.46. The first-order chi connectivity index (χ1) is 5.36. The van der Waals surface area contributed by atoms with E-state index in [2.05, 4.69) is 13.0 Å². The number of allylic oxidation sites excluding steroid dienone is 2. The molecule has 0 nitrogen and oxygen atoms in total. The first-order valence-electron chi connectivity index (χ1n) is 5.02. The third-order valence-corrected chi connectivity index (χ3v) is 3.42. The highest BCUT2D eigenvalue weighted by Crippen LogP contribution is 2.39. The predicted octanol–water partition coefficient (Wildman–Crippen LogP) is 3.53. The molecule has 0 heteroatoms. The number of rotatable bonds is 0. The molecule has 1 saturated carbocycles. The van der Waals surface area contributed by atoms with Crippen LogP contribution in [0.25, 0.3) is 0 Å². The lowest BCUT2D eigenvalue weighted by molar-refractivity contribution is 0.226. The van der Waals surface area contributed by atoms with Crippen molar-refractivity contribution in [3.8, 4) is 0 Å². The van der Waals surface area contributed by atoms with Gasteiger partial charge in [-0.05, 0) is 44.4 Å². The average Bonchev–Trinajstić information content (AvgIpc) is 2.04. The van der Waals surface area contributed by atoms with Crippen molar-refractivity contribution in [1.29, 1.82) is 0 Å². The van der Waals surface area contributed by atoms with E-state index in [0.29, 0.717) is 0 Å². The highest BCUT2D eigenvalue weighted by molar-refractivity contribution is 5.06. The van der Waals surface area contributed by atoms with Gasteiger partial charge in [-0.15, -0.1) is 0 Å². The molecule has 0 N–H and O–H groups in total. The molecule has 2 rings (SSSR count). The van der Waals surface area contributed by atoms with E-state index in [4.69, 9.17) is 0 Å². The van der Waals surface area contributed by atoms with Gasteiger partial charge in [0.05, 0.1) is 0 Å². The van der Waals surface area contributed by atoms with Crippen LogP contribution in [0.2, 0.25) is 0 Å². The Balaban J connectivity index is 2.04. The summed E-state index contributed by atoms with van der Waals surface area (Å²) in [5.74, 6) is 2.13. The van der Waals surface area contributed by atoms with Crippen molar-refractivity contribution < 1.29 is 0 Å². The topological polar surface area (TPSA) is 0 Å². The minimum absolute atomic E-state index is 1.06. The Kier molecular flexibility index (Phi) is 2.02. The van der Waals surface area contributed by atoms with E-state index in [0.717, 1.165) is 11.8 Å². The molecular formula is C11H18. The summed E-state index contributed by atoms with van der Waals surface area (Å²) in [5.41, 5.74) is 1.65. The molecule has 0 aromatic carbocycles. The van der Waals surface area contributed by atoms with Crippen LogP contribution >= 0.6 is 0 Å². The van der Waals surface area contributed by atoms with E-state index >= 15 is 0 Å². The van der Waals surface area contributed by atoms with Gasteiger partial charge in [0.25, 0.3) is 0 Å². The molecule has 62 valence electrons. The summed E-state index contributed by atoms with van der Waals surface area (Å²) in [5, 5.41) is 0. The quantitative estimate of drug-likeness (QED) is 0.463. The summed E-state index contributed by atoms with van der Waals surface area (Å²) in [4.78, 5) is 0. The summed E-state index contributed by atoms with van der Waals surface area (Å²) in [6.45, 7) is 2.30. The number of hydrogen-bond donors (Lipinski definition) is 0. The van der Waals surface area contributed by atoms with Gasteiger partial charge in [-0.2, -0.15) is 0 Å². The van der Waals surface area contributed by atoms with Crippen LogP contribution in [0, 0.1) is 11.8 Å². The SMILES string of the molecule is CC1=CC[C@@H]2CCCC[C@@H]2C1. The third-order valence-electron chi connectivity index (χ3n) is 3.42. The predicted molar refractivity (Wildman–Crippen MR) is 48.4 cm³/mol. The van der Waals surface area contributed by atoms with Gasteiger partial charge in [0, 0.05) is 0 Å². The fraction of sp³-hybridized carbons (Fsp3) is 0.818. The molecule has 0 saturated heterocycles. The summed E-state index contributed by atoms with van der Waals surface area (Å²) >= 11 is 0. The van der Waals surface area contributed by atoms with Gasteiger partial charge < -0.3 is 0 Å². The molecular weight excluding hydrogens is 132 g/mol. The lowest BCUT2D eigenvalue weighted by Gasteiger charge is -2.34. The summed E-state index contributed by atoms with van der Waals surface area (Å²) in [6.07, 6.45) is 11.3. The van der Waals surface area contributed by atoms with Gasteiger partial charge in [0.1, 0.15) is 0 Å². The van der Waals surface area contributed by atoms with E-state index < -0.39 is 0 Å². The normalized spacial score (nSPS) is 37.7. The average molecular weight is 150 g/mol. The van der Waals surface area contributed by atoms with Crippen molar-refractivity contribution in [3.05, 3.63) is 11.6 Å². The Morgan fingerprint density at radius 1 is 1.18 bits per heavy atom. The molecule has 0 spiro atoms. The molecule has 0 unspecified atom stereocenters. The van der Waals surface area contributed by atoms with Crippen LogP contribution in [-0.4, -0.2) is 0 Å². The minimum atomic E-state index is 1.06. The Bertz CT molecular complexity index is 167. The first-order valence-corrected chi connectivity index (χ1v) is 5.02. The molecule has 0 aromatic heterocycles. The van der Waals surface area contributed by atoms with Crippen LogP contribution in [0.5, 0.6) is 0 Å².